The Morgan fingerprint density at radius 3 is 2.59 bits per heavy atom. The first-order chi connectivity index (χ1) is 10.6. The van der Waals surface area contributed by atoms with E-state index in [2.05, 4.69) is 52.6 Å². The minimum absolute atomic E-state index is 0.478. The second-order valence-corrected chi connectivity index (χ2v) is 6.05. The maximum atomic E-state index is 6.25. The number of anilines is 4. The van der Waals surface area contributed by atoms with Crippen LogP contribution in [0.2, 0.25) is 0 Å². The van der Waals surface area contributed by atoms with E-state index in [9.17, 15) is 0 Å². The van der Waals surface area contributed by atoms with Crippen molar-refractivity contribution in [3.63, 3.8) is 0 Å². The molecule has 0 spiro atoms. The molecule has 0 amide bonds. The standard InChI is InChI=1S/C17H23N5/c1-11-7-8-12(2)14(9-11)22-17-15(18)16(19-10-20-17)21-13-5-3-4-6-13/h7-10,13H,3-6,18H2,1-2H3,(H2,19,20,21,22). The van der Waals surface area contributed by atoms with Crippen molar-refractivity contribution in [3.8, 4) is 0 Å². The maximum Gasteiger partial charge on any atom is 0.159 e. The molecule has 1 aromatic carbocycles. The van der Waals surface area contributed by atoms with Crippen LogP contribution in [0.3, 0.4) is 0 Å². The summed E-state index contributed by atoms with van der Waals surface area (Å²) in [5.41, 5.74) is 10.2. The summed E-state index contributed by atoms with van der Waals surface area (Å²) in [5.74, 6) is 1.39. The Balaban J connectivity index is 1.83. The molecular formula is C17H23N5. The molecule has 0 bridgehead atoms. The van der Waals surface area contributed by atoms with Crippen LogP contribution in [-0.4, -0.2) is 16.0 Å². The zero-order valence-electron chi connectivity index (χ0n) is 13.2. The predicted octanol–water partition coefficient (Wildman–Crippen LogP) is 3.77. The van der Waals surface area contributed by atoms with Gasteiger partial charge in [-0.25, -0.2) is 9.97 Å². The molecule has 5 heteroatoms. The summed E-state index contributed by atoms with van der Waals surface area (Å²) >= 11 is 0. The van der Waals surface area contributed by atoms with Crippen LogP contribution in [0.1, 0.15) is 36.8 Å². The summed E-state index contributed by atoms with van der Waals surface area (Å²) in [7, 11) is 0. The number of rotatable bonds is 4. The van der Waals surface area contributed by atoms with Gasteiger partial charge in [-0.3, -0.25) is 0 Å². The van der Waals surface area contributed by atoms with Crippen LogP contribution in [0.5, 0.6) is 0 Å². The van der Waals surface area contributed by atoms with Gasteiger partial charge >= 0.3 is 0 Å². The second kappa shape index (κ2) is 6.22. The lowest BCUT2D eigenvalue weighted by Crippen LogP contribution is -2.17. The molecule has 0 aliphatic heterocycles. The fourth-order valence-electron chi connectivity index (χ4n) is 2.87. The van der Waals surface area contributed by atoms with Crippen molar-refractivity contribution < 1.29 is 0 Å². The van der Waals surface area contributed by atoms with E-state index in [4.69, 9.17) is 5.73 Å². The first-order valence-corrected chi connectivity index (χ1v) is 7.85. The van der Waals surface area contributed by atoms with Gasteiger partial charge in [-0.2, -0.15) is 0 Å². The predicted molar refractivity (Wildman–Crippen MR) is 91.5 cm³/mol. The summed E-state index contributed by atoms with van der Waals surface area (Å²) in [5, 5.41) is 6.78. The van der Waals surface area contributed by atoms with E-state index in [1.54, 1.807) is 6.33 Å². The van der Waals surface area contributed by atoms with Crippen LogP contribution in [0, 0.1) is 13.8 Å². The van der Waals surface area contributed by atoms with Gasteiger partial charge in [-0.05, 0) is 43.9 Å². The van der Waals surface area contributed by atoms with Gasteiger partial charge in [0.2, 0.25) is 0 Å². The number of nitrogens with two attached hydrogens (primary N) is 1. The van der Waals surface area contributed by atoms with Gasteiger partial charge in [0.05, 0.1) is 0 Å². The Morgan fingerprint density at radius 2 is 1.82 bits per heavy atom. The third-order valence-corrected chi connectivity index (χ3v) is 4.23. The maximum absolute atomic E-state index is 6.25. The topological polar surface area (TPSA) is 75.9 Å². The zero-order valence-corrected chi connectivity index (χ0v) is 13.2. The number of hydrogen-bond donors (Lipinski definition) is 3. The highest BCUT2D eigenvalue weighted by Crippen LogP contribution is 2.30. The van der Waals surface area contributed by atoms with E-state index in [0.717, 1.165) is 17.1 Å². The molecule has 1 fully saturated rings. The van der Waals surface area contributed by atoms with Crippen molar-refractivity contribution in [2.45, 2.75) is 45.6 Å². The van der Waals surface area contributed by atoms with Crippen molar-refractivity contribution in [2.75, 3.05) is 16.4 Å². The van der Waals surface area contributed by atoms with Gasteiger partial charge in [0.15, 0.2) is 11.6 Å². The van der Waals surface area contributed by atoms with Crippen molar-refractivity contribution >= 4 is 23.0 Å². The zero-order chi connectivity index (χ0) is 15.5. The average Bonchev–Trinajstić information content (AvgIpc) is 3.00. The van der Waals surface area contributed by atoms with Gasteiger partial charge < -0.3 is 16.4 Å². The van der Waals surface area contributed by atoms with E-state index in [1.165, 1.54) is 31.2 Å². The Morgan fingerprint density at radius 1 is 1.09 bits per heavy atom. The summed E-state index contributed by atoms with van der Waals surface area (Å²) in [6.07, 6.45) is 6.47. The second-order valence-electron chi connectivity index (χ2n) is 6.05. The third-order valence-electron chi connectivity index (χ3n) is 4.23. The summed E-state index contributed by atoms with van der Waals surface area (Å²) in [4.78, 5) is 8.59. The lowest BCUT2D eigenvalue weighted by atomic mass is 10.1. The molecule has 0 atom stereocenters. The molecule has 0 radical (unpaired) electrons. The summed E-state index contributed by atoms with van der Waals surface area (Å²) in [6, 6.07) is 6.76. The van der Waals surface area contributed by atoms with Crippen LogP contribution in [-0.2, 0) is 0 Å². The van der Waals surface area contributed by atoms with E-state index in [-0.39, 0.29) is 0 Å². The highest BCUT2D eigenvalue weighted by Gasteiger charge is 2.17. The molecule has 1 saturated carbocycles. The minimum atomic E-state index is 0.478. The molecule has 1 heterocycles. The Bertz CT molecular complexity index is 662. The number of hydrogen-bond acceptors (Lipinski definition) is 5. The van der Waals surface area contributed by atoms with Crippen LogP contribution in [0.4, 0.5) is 23.0 Å². The highest BCUT2D eigenvalue weighted by atomic mass is 15.1. The number of benzene rings is 1. The molecule has 1 aliphatic carbocycles. The molecule has 1 aliphatic rings. The number of aryl methyl sites for hydroxylation is 2. The molecule has 1 aromatic heterocycles. The molecule has 3 rings (SSSR count). The number of nitrogen functional groups attached to an aromatic ring is 1. The molecule has 0 unspecified atom stereocenters. The van der Waals surface area contributed by atoms with E-state index < -0.39 is 0 Å². The monoisotopic (exact) mass is 297 g/mol. The number of aromatic nitrogens is 2. The number of nitrogens with one attached hydrogen (secondary N) is 2. The fraction of sp³-hybridized carbons (Fsp3) is 0.412. The quantitative estimate of drug-likeness (QED) is 0.801. The van der Waals surface area contributed by atoms with E-state index in [0.29, 0.717) is 17.5 Å². The molecule has 116 valence electrons. The first-order valence-electron chi connectivity index (χ1n) is 7.85. The van der Waals surface area contributed by atoms with Crippen molar-refractivity contribution in [1.82, 2.24) is 9.97 Å². The van der Waals surface area contributed by atoms with Crippen molar-refractivity contribution in [3.05, 3.63) is 35.7 Å². The lowest BCUT2D eigenvalue weighted by Gasteiger charge is -2.17. The van der Waals surface area contributed by atoms with Gasteiger partial charge in [-0.15, -0.1) is 0 Å². The van der Waals surface area contributed by atoms with Crippen LogP contribution >= 0.6 is 0 Å². The molecule has 4 N–H and O–H groups in total. The minimum Gasteiger partial charge on any atom is -0.393 e. The lowest BCUT2D eigenvalue weighted by molar-refractivity contribution is 0.750. The van der Waals surface area contributed by atoms with Gasteiger partial charge in [-0.1, -0.05) is 25.0 Å². The Labute approximate surface area is 131 Å². The SMILES string of the molecule is Cc1ccc(C)c(Nc2ncnc(NC3CCCC3)c2N)c1. The first kappa shape index (κ1) is 14.6. The summed E-state index contributed by atoms with van der Waals surface area (Å²) < 4.78 is 0. The molecular weight excluding hydrogens is 274 g/mol. The Hall–Kier alpha value is -2.30. The van der Waals surface area contributed by atoms with E-state index in [1.807, 2.05) is 0 Å². The Kier molecular flexibility index (Phi) is 4.13. The van der Waals surface area contributed by atoms with Gasteiger partial charge in [0, 0.05) is 11.7 Å². The third kappa shape index (κ3) is 3.13. The number of nitrogens with zero attached hydrogens (tertiary/aromatic N) is 2. The van der Waals surface area contributed by atoms with Crippen LogP contribution in [0.15, 0.2) is 24.5 Å². The smallest absolute Gasteiger partial charge is 0.159 e. The highest BCUT2D eigenvalue weighted by molar-refractivity contribution is 5.78. The van der Waals surface area contributed by atoms with Crippen LogP contribution in [0.25, 0.3) is 0 Å². The largest absolute Gasteiger partial charge is 0.393 e. The van der Waals surface area contributed by atoms with Crippen molar-refractivity contribution in [2.24, 2.45) is 0 Å². The van der Waals surface area contributed by atoms with Crippen LogP contribution < -0.4 is 16.4 Å². The molecule has 2 aromatic rings. The van der Waals surface area contributed by atoms with E-state index >= 15 is 0 Å². The molecule has 0 saturated heterocycles. The van der Waals surface area contributed by atoms with Crippen molar-refractivity contribution in [1.29, 1.82) is 0 Å². The summed E-state index contributed by atoms with van der Waals surface area (Å²) in [6.45, 7) is 4.14. The fourth-order valence-corrected chi connectivity index (χ4v) is 2.87. The molecule has 5 nitrogen and oxygen atoms in total. The molecule has 22 heavy (non-hydrogen) atoms. The average molecular weight is 297 g/mol. The normalized spacial score (nSPS) is 15.0. The van der Waals surface area contributed by atoms with Gasteiger partial charge in [0.1, 0.15) is 12.0 Å². The van der Waals surface area contributed by atoms with Gasteiger partial charge in [0.25, 0.3) is 0 Å².